The van der Waals surface area contributed by atoms with Gasteiger partial charge in [0.05, 0.1) is 24.0 Å². The summed E-state index contributed by atoms with van der Waals surface area (Å²) in [5.74, 6) is 1.77. The lowest BCUT2D eigenvalue weighted by atomic mass is 9.82. The van der Waals surface area contributed by atoms with Crippen molar-refractivity contribution in [2.24, 2.45) is 5.92 Å². The molecule has 0 radical (unpaired) electrons. The molecule has 2 fully saturated rings. The second-order valence-corrected chi connectivity index (χ2v) is 8.13. The number of aromatic nitrogens is 6. The molecule has 30 heavy (non-hydrogen) atoms. The standard InChI is InChI=1S/C21H24N8O/c1-13-10-22-21(25-15(13)3)27-8-6-16-11-28(18(16)12-27)20(30)17-5-4-14(2)24-19(17)29-9-7-23-26-29/h4-5,7,9-10,16,18H,6,8,11-12H2,1-3H3. The van der Waals surface area contributed by atoms with Crippen molar-refractivity contribution in [3.05, 3.63) is 53.2 Å². The van der Waals surface area contributed by atoms with Gasteiger partial charge in [0.25, 0.3) is 5.91 Å². The van der Waals surface area contributed by atoms with Gasteiger partial charge in [-0.05, 0) is 44.9 Å². The molecule has 5 rings (SSSR count). The van der Waals surface area contributed by atoms with Gasteiger partial charge in [0.2, 0.25) is 5.95 Å². The van der Waals surface area contributed by atoms with E-state index >= 15 is 0 Å². The summed E-state index contributed by atoms with van der Waals surface area (Å²) in [5, 5.41) is 7.89. The monoisotopic (exact) mass is 404 g/mol. The first-order valence-corrected chi connectivity index (χ1v) is 10.2. The van der Waals surface area contributed by atoms with E-state index in [4.69, 9.17) is 0 Å². The third kappa shape index (κ3) is 3.10. The van der Waals surface area contributed by atoms with Crippen molar-refractivity contribution in [3.63, 3.8) is 0 Å². The van der Waals surface area contributed by atoms with Crippen LogP contribution in [-0.2, 0) is 0 Å². The van der Waals surface area contributed by atoms with E-state index in [1.165, 1.54) is 0 Å². The van der Waals surface area contributed by atoms with Crippen LogP contribution in [0.25, 0.3) is 5.82 Å². The summed E-state index contributed by atoms with van der Waals surface area (Å²) in [6.45, 7) is 8.36. The Labute approximate surface area is 174 Å². The molecule has 2 aliphatic heterocycles. The van der Waals surface area contributed by atoms with Crippen molar-refractivity contribution in [2.75, 3.05) is 24.5 Å². The first-order valence-electron chi connectivity index (χ1n) is 10.2. The maximum Gasteiger partial charge on any atom is 0.258 e. The smallest absolute Gasteiger partial charge is 0.258 e. The van der Waals surface area contributed by atoms with Crippen LogP contribution in [0.5, 0.6) is 0 Å². The zero-order chi connectivity index (χ0) is 20.8. The molecule has 3 aromatic rings. The van der Waals surface area contributed by atoms with Gasteiger partial charge < -0.3 is 9.80 Å². The molecule has 9 heteroatoms. The molecular formula is C21H24N8O. The fraction of sp³-hybridized carbons (Fsp3) is 0.429. The molecule has 0 N–H and O–H groups in total. The lowest BCUT2D eigenvalue weighted by Crippen LogP contribution is -2.66. The number of piperidine rings is 1. The van der Waals surface area contributed by atoms with Gasteiger partial charge in [-0.3, -0.25) is 4.79 Å². The van der Waals surface area contributed by atoms with E-state index in [-0.39, 0.29) is 11.9 Å². The lowest BCUT2D eigenvalue weighted by Gasteiger charge is -2.53. The second-order valence-electron chi connectivity index (χ2n) is 8.13. The van der Waals surface area contributed by atoms with Gasteiger partial charge in [-0.15, -0.1) is 5.10 Å². The minimum Gasteiger partial charge on any atom is -0.339 e. The number of pyridine rings is 1. The molecule has 2 aliphatic rings. The topological polar surface area (TPSA) is 92.9 Å². The Hall–Kier alpha value is -3.36. The third-order valence-corrected chi connectivity index (χ3v) is 6.19. The van der Waals surface area contributed by atoms with E-state index in [1.54, 1.807) is 17.1 Å². The Morgan fingerprint density at radius 1 is 1.13 bits per heavy atom. The minimum absolute atomic E-state index is 0.0166. The Kier molecular flexibility index (Phi) is 4.45. The van der Waals surface area contributed by atoms with Crippen LogP contribution >= 0.6 is 0 Å². The molecule has 0 aromatic carbocycles. The number of amides is 1. The van der Waals surface area contributed by atoms with Gasteiger partial charge in [-0.2, -0.15) is 0 Å². The van der Waals surface area contributed by atoms with Gasteiger partial charge in [0.15, 0.2) is 5.82 Å². The number of hydrogen-bond acceptors (Lipinski definition) is 7. The van der Waals surface area contributed by atoms with Crippen LogP contribution in [0, 0.1) is 26.7 Å². The van der Waals surface area contributed by atoms with Gasteiger partial charge in [-0.1, -0.05) is 5.21 Å². The van der Waals surface area contributed by atoms with Crippen molar-refractivity contribution >= 4 is 11.9 Å². The van der Waals surface area contributed by atoms with Gasteiger partial charge in [0, 0.05) is 43.1 Å². The SMILES string of the molecule is Cc1ccc(C(=O)N2CC3CCN(c4ncc(C)c(C)n4)CC32)c(-n2ccnn2)n1. The van der Waals surface area contributed by atoms with Crippen molar-refractivity contribution < 1.29 is 4.79 Å². The highest BCUT2D eigenvalue weighted by atomic mass is 16.2. The van der Waals surface area contributed by atoms with Gasteiger partial charge in [-0.25, -0.2) is 19.6 Å². The van der Waals surface area contributed by atoms with Crippen molar-refractivity contribution in [3.8, 4) is 5.82 Å². The lowest BCUT2D eigenvalue weighted by molar-refractivity contribution is 0.00764. The van der Waals surface area contributed by atoms with Crippen molar-refractivity contribution in [1.82, 2.24) is 34.8 Å². The number of fused-ring (bicyclic) bond motifs is 1. The second kappa shape index (κ2) is 7.16. The normalized spacial score (nSPS) is 20.6. The molecular weight excluding hydrogens is 380 g/mol. The molecule has 2 unspecified atom stereocenters. The average Bonchev–Trinajstić information content (AvgIpc) is 3.25. The van der Waals surface area contributed by atoms with Gasteiger partial charge in [0.1, 0.15) is 0 Å². The molecule has 3 aromatic heterocycles. The molecule has 0 aliphatic carbocycles. The summed E-state index contributed by atoms with van der Waals surface area (Å²) < 4.78 is 1.55. The Balaban J connectivity index is 1.39. The number of anilines is 1. The molecule has 0 saturated carbocycles. The Bertz CT molecular complexity index is 1100. The maximum atomic E-state index is 13.4. The first kappa shape index (κ1) is 18.7. The molecule has 0 bridgehead atoms. The summed E-state index contributed by atoms with van der Waals surface area (Å²) >= 11 is 0. The summed E-state index contributed by atoms with van der Waals surface area (Å²) in [6.07, 6.45) is 6.19. The van der Waals surface area contributed by atoms with Gasteiger partial charge >= 0.3 is 0 Å². The largest absolute Gasteiger partial charge is 0.339 e. The first-order chi connectivity index (χ1) is 14.5. The number of carbonyl (C=O) groups excluding carboxylic acids is 1. The Morgan fingerprint density at radius 3 is 2.77 bits per heavy atom. The minimum atomic E-state index is -0.0166. The quantitative estimate of drug-likeness (QED) is 0.656. The number of nitrogens with zero attached hydrogens (tertiary/aromatic N) is 8. The van der Waals surface area contributed by atoms with Crippen LogP contribution < -0.4 is 4.90 Å². The van der Waals surface area contributed by atoms with Crippen LogP contribution in [0.2, 0.25) is 0 Å². The molecule has 5 heterocycles. The highest BCUT2D eigenvalue weighted by Gasteiger charge is 2.46. The van der Waals surface area contributed by atoms with Crippen LogP contribution in [0.1, 0.15) is 33.7 Å². The van der Waals surface area contributed by atoms with E-state index < -0.39 is 0 Å². The third-order valence-electron chi connectivity index (χ3n) is 6.19. The van der Waals surface area contributed by atoms with Crippen molar-refractivity contribution in [2.45, 2.75) is 33.2 Å². The van der Waals surface area contributed by atoms with Crippen LogP contribution in [-0.4, -0.2) is 66.4 Å². The molecule has 2 atom stereocenters. The van der Waals surface area contributed by atoms with E-state index in [0.717, 1.165) is 49.0 Å². The molecule has 9 nitrogen and oxygen atoms in total. The summed E-state index contributed by atoms with van der Waals surface area (Å²) in [4.78, 5) is 31.3. The number of rotatable bonds is 3. The summed E-state index contributed by atoms with van der Waals surface area (Å²) in [5.41, 5.74) is 3.45. The van der Waals surface area contributed by atoms with Crippen molar-refractivity contribution in [1.29, 1.82) is 0 Å². The molecule has 1 amide bonds. The zero-order valence-corrected chi connectivity index (χ0v) is 17.4. The number of likely N-dealkylation sites (tertiary alicyclic amines) is 1. The predicted octanol–water partition coefficient (Wildman–Crippen LogP) is 1.73. The Morgan fingerprint density at radius 2 is 2.00 bits per heavy atom. The molecule has 154 valence electrons. The number of carbonyl (C=O) groups is 1. The number of hydrogen-bond donors (Lipinski definition) is 0. The van der Waals surface area contributed by atoms with Crippen LogP contribution in [0.4, 0.5) is 5.95 Å². The summed E-state index contributed by atoms with van der Waals surface area (Å²) in [6, 6.07) is 3.85. The number of aryl methyl sites for hydroxylation is 3. The fourth-order valence-corrected chi connectivity index (χ4v) is 4.24. The molecule has 2 saturated heterocycles. The van der Waals surface area contributed by atoms with E-state index in [2.05, 4.69) is 30.2 Å². The van der Waals surface area contributed by atoms with E-state index in [0.29, 0.717) is 17.3 Å². The van der Waals surface area contributed by atoms with E-state index in [1.807, 2.05) is 44.0 Å². The fourth-order valence-electron chi connectivity index (χ4n) is 4.24. The van der Waals surface area contributed by atoms with Crippen LogP contribution in [0.15, 0.2) is 30.7 Å². The highest BCUT2D eigenvalue weighted by Crippen LogP contribution is 2.35. The molecule has 0 spiro atoms. The summed E-state index contributed by atoms with van der Waals surface area (Å²) in [7, 11) is 0. The predicted molar refractivity (Wildman–Crippen MR) is 111 cm³/mol. The highest BCUT2D eigenvalue weighted by molar-refractivity contribution is 5.98. The average molecular weight is 404 g/mol. The maximum absolute atomic E-state index is 13.4. The van der Waals surface area contributed by atoms with E-state index in [9.17, 15) is 4.79 Å². The van der Waals surface area contributed by atoms with Crippen LogP contribution in [0.3, 0.4) is 0 Å². The zero-order valence-electron chi connectivity index (χ0n) is 17.4.